The predicted octanol–water partition coefficient (Wildman–Crippen LogP) is 3.25. The molecular weight excluding hydrogens is 368 g/mol. The maximum Gasteiger partial charge on any atom is 0.257 e. The molecule has 0 radical (unpaired) electrons. The number of ether oxygens (including phenoxy) is 1. The second kappa shape index (κ2) is 7.05. The van der Waals surface area contributed by atoms with Crippen molar-refractivity contribution < 1.29 is 9.53 Å². The number of nitrogens with one attached hydrogen (secondary N) is 1. The van der Waals surface area contributed by atoms with Crippen LogP contribution in [0.3, 0.4) is 0 Å². The first-order valence-electron chi connectivity index (χ1n) is 9.18. The quantitative estimate of drug-likeness (QED) is 0.578. The maximum absolute atomic E-state index is 13.1. The van der Waals surface area contributed by atoms with Crippen LogP contribution in [-0.2, 0) is 14.1 Å². The number of nitrogens with zero attached hydrogens (tertiary/aromatic N) is 5. The molecule has 0 saturated heterocycles. The van der Waals surface area contributed by atoms with Gasteiger partial charge in [-0.25, -0.2) is 4.98 Å². The molecule has 0 atom stereocenters. The third-order valence-electron chi connectivity index (χ3n) is 4.83. The van der Waals surface area contributed by atoms with Crippen LogP contribution in [0, 0.1) is 13.8 Å². The summed E-state index contributed by atoms with van der Waals surface area (Å²) in [6, 6.07) is 11.3. The van der Waals surface area contributed by atoms with Gasteiger partial charge in [0.2, 0.25) is 0 Å². The standard InChI is InChI=1S/C21H22N6O2/c1-12-9-16(19-13(2)24-27(4)20(19)22-12)21(28)23-18-11-17(25-26(18)3)14-7-6-8-15(10-14)29-5/h6-11H,1-5H3,(H,23,28). The van der Waals surface area contributed by atoms with Gasteiger partial charge in [-0.1, -0.05) is 12.1 Å². The van der Waals surface area contributed by atoms with Crippen LogP contribution in [-0.4, -0.2) is 37.6 Å². The normalized spacial score (nSPS) is 11.1. The lowest BCUT2D eigenvalue weighted by molar-refractivity contribution is 0.102. The number of hydrogen-bond acceptors (Lipinski definition) is 5. The molecule has 3 aromatic heterocycles. The highest BCUT2D eigenvalue weighted by Gasteiger charge is 2.19. The Morgan fingerprint density at radius 2 is 1.86 bits per heavy atom. The van der Waals surface area contributed by atoms with Crippen LogP contribution in [0.1, 0.15) is 21.7 Å². The highest BCUT2D eigenvalue weighted by Crippen LogP contribution is 2.26. The van der Waals surface area contributed by atoms with Gasteiger partial charge in [0.15, 0.2) is 5.65 Å². The Bertz CT molecular complexity index is 1240. The molecule has 0 bridgehead atoms. The molecule has 0 fully saturated rings. The van der Waals surface area contributed by atoms with Crippen LogP contribution in [0.25, 0.3) is 22.3 Å². The molecule has 0 aliphatic heterocycles. The summed E-state index contributed by atoms with van der Waals surface area (Å²) < 4.78 is 8.62. The Hall–Kier alpha value is -3.68. The molecule has 0 aliphatic carbocycles. The predicted molar refractivity (Wildman–Crippen MR) is 111 cm³/mol. The van der Waals surface area contributed by atoms with Gasteiger partial charge in [-0.3, -0.25) is 14.2 Å². The van der Waals surface area contributed by atoms with Gasteiger partial charge in [0.05, 0.1) is 29.4 Å². The number of fused-ring (bicyclic) bond motifs is 1. The molecule has 1 N–H and O–H groups in total. The number of hydrogen-bond donors (Lipinski definition) is 1. The van der Waals surface area contributed by atoms with Gasteiger partial charge in [-0.2, -0.15) is 10.2 Å². The second-order valence-corrected chi connectivity index (χ2v) is 6.94. The number of rotatable bonds is 4. The monoisotopic (exact) mass is 390 g/mol. The summed E-state index contributed by atoms with van der Waals surface area (Å²) in [4.78, 5) is 17.6. The lowest BCUT2D eigenvalue weighted by Crippen LogP contribution is -2.15. The fourth-order valence-corrected chi connectivity index (χ4v) is 3.44. The maximum atomic E-state index is 13.1. The number of anilines is 1. The molecule has 8 nitrogen and oxygen atoms in total. The van der Waals surface area contributed by atoms with E-state index in [1.807, 2.05) is 51.2 Å². The average molecular weight is 390 g/mol. The van der Waals surface area contributed by atoms with Crippen molar-refractivity contribution in [1.82, 2.24) is 24.5 Å². The molecule has 1 aromatic carbocycles. The summed E-state index contributed by atoms with van der Waals surface area (Å²) in [7, 11) is 5.24. The number of aromatic nitrogens is 5. The zero-order valence-corrected chi connectivity index (χ0v) is 17.0. The first-order valence-corrected chi connectivity index (χ1v) is 9.18. The van der Waals surface area contributed by atoms with Crippen LogP contribution in [0.4, 0.5) is 5.82 Å². The number of aryl methyl sites for hydroxylation is 4. The molecule has 3 heterocycles. The van der Waals surface area contributed by atoms with Gasteiger partial charge in [-0.05, 0) is 32.0 Å². The van der Waals surface area contributed by atoms with E-state index < -0.39 is 0 Å². The number of benzene rings is 1. The number of carbonyl (C=O) groups is 1. The van der Waals surface area contributed by atoms with Gasteiger partial charge >= 0.3 is 0 Å². The number of methoxy groups -OCH3 is 1. The summed E-state index contributed by atoms with van der Waals surface area (Å²) in [5.41, 5.74) is 4.41. The summed E-state index contributed by atoms with van der Waals surface area (Å²) in [6.45, 7) is 3.74. The molecular formula is C21H22N6O2. The van der Waals surface area contributed by atoms with Crippen LogP contribution in [0.15, 0.2) is 36.4 Å². The third kappa shape index (κ3) is 3.33. The minimum atomic E-state index is -0.225. The van der Waals surface area contributed by atoms with Crippen molar-refractivity contribution in [2.24, 2.45) is 14.1 Å². The van der Waals surface area contributed by atoms with E-state index in [-0.39, 0.29) is 5.91 Å². The van der Waals surface area contributed by atoms with Crippen molar-refractivity contribution in [2.45, 2.75) is 13.8 Å². The van der Waals surface area contributed by atoms with Gasteiger partial charge in [0.25, 0.3) is 5.91 Å². The Morgan fingerprint density at radius 3 is 2.62 bits per heavy atom. The van der Waals surface area contributed by atoms with Crippen molar-refractivity contribution in [1.29, 1.82) is 0 Å². The van der Waals surface area contributed by atoms with E-state index in [1.54, 1.807) is 29.6 Å². The molecule has 0 unspecified atom stereocenters. The lowest BCUT2D eigenvalue weighted by atomic mass is 10.1. The Kier molecular flexibility index (Phi) is 4.54. The molecule has 148 valence electrons. The minimum Gasteiger partial charge on any atom is -0.497 e. The zero-order valence-electron chi connectivity index (χ0n) is 17.0. The SMILES string of the molecule is COc1cccc(-c2cc(NC(=O)c3cc(C)nc4c3c(C)nn4C)n(C)n2)c1. The van der Waals surface area contributed by atoms with Crippen molar-refractivity contribution in [3.63, 3.8) is 0 Å². The molecule has 4 rings (SSSR count). The van der Waals surface area contributed by atoms with Gasteiger partial charge in [0, 0.05) is 31.4 Å². The molecule has 8 heteroatoms. The van der Waals surface area contributed by atoms with Crippen molar-refractivity contribution >= 4 is 22.8 Å². The molecule has 1 amide bonds. The van der Waals surface area contributed by atoms with E-state index in [0.717, 1.165) is 33.8 Å². The van der Waals surface area contributed by atoms with E-state index in [4.69, 9.17) is 4.74 Å². The average Bonchev–Trinajstić information content (AvgIpc) is 3.20. The fraction of sp³-hybridized carbons (Fsp3) is 0.238. The van der Waals surface area contributed by atoms with E-state index in [2.05, 4.69) is 20.5 Å². The van der Waals surface area contributed by atoms with Crippen LogP contribution < -0.4 is 10.1 Å². The lowest BCUT2D eigenvalue weighted by Gasteiger charge is -2.07. The summed E-state index contributed by atoms with van der Waals surface area (Å²) in [5.74, 6) is 1.12. The highest BCUT2D eigenvalue weighted by molar-refractivity contribution is 6.12. The van der Waals surface area contributed by atoms with Crippen molar-refractivity contribution in [3.05, 3.63) is 53.3 Å². The third-order valence-corrected chi connectivity index (χ3v) is 4.83. The largest absolute Gasteiger partial charge is 0.497 e. The van der Waals surface area contributed by atoms with Gasteiger partial charge in [0.1, 0.15) is 11.6 Å². The summed E-state index contributed by atoms with van der Waals surface area (Å²) >= 11 is 0. The van der Waals surface area contributed by atoms with Crippen LogP contribution in [0.5, 0.6) is 5.75 Å². The smallest absolute Gasteiger partial charge is 0.257 e. The summed E-state index contributed by atoms with van der Waals surface area (Å²) in [6.07, 6.45) is 0. The van der Waals surface area contributed by atoms with E-state index >= 15 is 0 Å². The first-order chi connectivity index (χ1) is 13.9. The Balaban J connectivity index is 1.69. The van der Waals surface area contributed by atoms with Crippen LogP contribution >= 0.6 is 0 Å². The molecule has 4 aromatic rings. The minimum absolute atomic E-state index is 0.225. The topological polar surface area (TPSA) is 86.9 Å². The number of pyridine rings is 1. The van der Waals surface area contributed by atoms with E-state index in [0.29, 0.717) is 17.0 Å². The highest BCUT2D eigenvalue weighted by atomic mass is 16.5. The molecule has 0 spiro atoms. The second-order valence-electron chi connectivity index (χ2n) is 6.94. The van der Waals surface area contributed by atoms with Gasteiger partial charge in [-0.15, -0.1) is 0 Å². The van der Waals surface area contributed by atoms with Crippen molar-refractivity contribution in [3.8, 4) is 17.0 Å². The Labute approximate surface area is 168 Å². The van der Waals surface area contributed by atoms with E-state index in [9.17, 15) is 4.79 Å². The summed E-state index contributed by atoms with van der Waals surface area (Å²) in [5, 5.41) is 12.6. The fourth-order valence-electron chi connectivity index (χ4n) is 3.44. The molecule has 0 saturated carbocycles. The number of amides is 1. The number of carbonyl (C=O) groups excluding carboxylic acids is 1. The first kappa shape index (κ1) is 18.7. The molecule has 29 heavy (non-hydrogen) atoms. The van der Waals surface area contributed by atoms with Crippen LogP contribution in [0.2, 0.25) is 0 Å². The van der Waals surface area contributed by atoms with E-state index in [1.165, 1.54) is 0 Å². The zero-order chi connectivity index (χ0) is 20.7. The van der Waals surface area contributed by atoms with Crippen molar-refractivity contribution in [2.75, 3.05) is 12.4 Å². The Morgan fingerprint density at radius 1 is 1.07 bits per heavy atom. The van der Waals surface area contributed by atoms with Gasteiger partial charge < -0.3 is 10.1 Å². The molecule has 0 aliphatic rings.